The van der Waals surface area contributed by atoms with Gasteiger partial charge < -0.3 is 21.3 Å². The Hall–Kier alpha value is -4.34. The lowest BCUT2D eigenvalue weighted by molar-refractivity contribution is -0.137. The number of alkyl halides is 3. The Labute approximate surface area is 224 Å². The van der Waals surface area contributed by atoms with Crippen LogP contribution in [0.3, 0.4) is 0 Å². The summed E-state index contributed by atoms with van der Waals surface area (Å²) in [5.74, 6) is -0.675. The van der Waals surface area contributed by atoms with Gasteiger partial charge in [-0.05, 0) is 58.9 Å². The van der Waals surface area contributed by atoms with Gasteiger partial charge in [0.25, 0.3) is 0 Å². The van der Waals surface area contributed by atoms with Crippen LogP contribution in [0.1, 0.15) is 42.0 Å². The Morgan fingerprint density at radius 1 is 1.05 bits per heavy atom. The van der Waals surface area contributed by atoms with E-state index in [1.807, 2.05) is 48.5 Å². The molecule has 0 radical (unpaired) electrons. The Bertz CT molecular complexity index is 1370. The molecule has 10 heteroatoms. The van der Waals surface area contributed by atoms with Gasteiger partial charge in [-0.25, -0.2) is 4.79 Å². The monoisotopic (exact) mass is 538 g/mol. The zero-order valence-electron chi connectivity index (χ0n) is 21.3. The molecule has 0 saturated carbocycles. The molecule has 3 aromatic rings. The molecule has 4 rings (SSSR count). The molecular formula is C29H29F3N4O3. The number of amides is 4. The number of nitrogens with one attached hydrogen (secondary N) is 2. The smallest absolute Gasteiger partial charge is 0.352 e. The van der Waals surface area contributed by atoms with Crippen molar-refractivity contribution in [3.8, 4) is 11.1 Å². The van der Waals surface area contributed by atoms with Crippen LogP contribution in [0.4, 0.5) is 23.7 Å². The number of nitrogens with two attached hydrogens (primary N) is 1. The summed E-state index contributed by atoms with van der Waals surface area (Å²) in [6.07, 6.45) is -3.91. The summed E-state index contributed by atoms with van der Waals surface area (Å²) in [5.41, 5.74) is 8.63. The Morgan fingerprint density at radius 3 is 2.44 bits per heavy atom. The predicted octanol–water partition coefficient (Wildman–Crippen LogP) is 4.91. The standard InChI is InChI=1S/C29H29F3N4O3/c1-2-26(37)35-24-13-11-20-15-22(29(30,31)32)12-14-25(20)36(27(24)38)17-18-7-9-19(10-8-18)23-6-4-3-5-21(23)16-34-28(33)39/h3-10,12,14-15,24H,2,11,13,16-17H2,1H3,(H,35,37)(H3,33,34,39)/t24-/m1/s1. The molecular weight excluding hydrogens is 509 g/mol. The van der Waals surface area contributed by atoms with E-state index in [0.717, 1.165) is 34.4 Å². The van der Waals surface area contributed by atoms with Crippen molar-refractivity contribution in [2.24, 2.45) is 5.73 Å². The zero-order valence-corrected chi connectivity index (χ0v) is 21.3. The van der Waals surface area contributed by atoms with Crippen LogP contribution in [0.5, 0.6) is 0 Å². The topological polar surface area (TPSA) is 105 Å². The van der Waals surface area contributed by atoms with Crippen LogP contribution in [-0.4, -0.2) is 23.9 Å². The number of carbonyl (C=O) groups is 3. The van der Waals surface area contributed by atoms with Crippen LogP contribution in [0, 0.1) is 0 Å². The van der Waals surface area contributed by atoms with Gasteiger partial charge in [-0.3, -0.25) is 9.59 Å². The molecule has 0 spiro atoms. The highest BCUT2D eigenvalue weighted by Crippen LogP contribution is 2.36. The van der Waals surface area contributed by atoms with Crippen molar-refractivity contribution in [2.75, 3.05) is 4.90 Å². The number of halogens is 3. The van der Waals surface area contributed by atoms with Crippen LogP contribution in [0.25, 0.3) is 11.1 Å². The van der Waals surface area contributed by atoms with Gasteiger partial charge in [-0.2, -0.15) is 13.2 Å². The van der Waals surface area contributed by atoms with E-state index < -0.39 is 23.8 Å². The summed E-state index contributed by atoms with van der Waals surface area (Å²) in [5, 5.41) is 5.31. The third-order valence-electron chi connectivity index (χ3n) is 6.70. The molecule has 7 nitrogen and oxygen atoms in total. The van der Waals surface area contributed by atoms with Crippen LogP contribution < -0.4 is 21.3 Å². The number of benzene rings is 3. The average Bonchev–Trinajstić information content (AvgIpc) is 3.04. The number of rotatable bonds is 7. The second kappa shape index (κ2) is 11.6. The zero-order chi connectivity index (χ0) is 28.2. The number of carbonyl (C=O) groups excluding carboxylic acids is 3. The average molecular weight is 539 g/mol. The summed E-state index contributed by atoms with van der Waals surface area (Å²) in [6.45, 7) is 2.04. The minimum Gasteiger partial charge on any atom is -0.352 e. The summed E-state index contributed by atoms with van der Waals surface area (Å²) in [6, 6.07) is 16.9. The highest BCUT2D eigenvalue weighted by atomic mass is 19.4. The Kier molecular flexibility index (Phi) is 8.23. The van der Waals surface area contributed by atoms with Crippen LogP contribution in [0.15, 0.2) is 66.7 Å². The summed E-state index contributed by atoms with van der Waals surface area (Å²) >= 11 is 0. The van der Waals surface area contributed by atoms with Gasteiger partial charge in [0.1, 0.15) is 6.04 Å². The fourth-order valence-electron chi connectivity index (χ4n) is 4.66. The van der Waals surface area contributed by atoms with Crippen molar-refractivity contribution < 1.29 is 27.6 Å². The third-order valence-corrected chi connectivity index (χ3v) is 6.70. The molecule has 4 amide bonds. The quantitative estimate of drug-likeness (QED) is 0.398. The number of aryl methyl sites for hydroxylation is 1. The SMILES string of the molecule is CCC(=O)N[C@@H]1CCc2cc(C(F)(F)F)ccc2N(Cc2ccc(-c3ccccc3CNC(N)=O)cc2)C1=O. The first kappa shape index (κ1) is 27.7. The first-order valence-corrected chi connectivity index (χ1v) is 12.6. The number of urea groups is 1. The lowest BCUT2D eigenvalue weighted by atomic mass is 9.98. The summed E-state index contributed by atoms with van der Waals surface area (Å²) < 4.78 is 40.2. The Balaban J connectivity index is 1.64. The number of nitrogens with zero attached hydrogens (tertiary/aromatic N) is 1. The maximum Gasteiger partial charge on any atom is 0.416 e. The van der Waals surface area contributed by atoms with Gasteiger partial charge in [0.15, 0.2) is 0 Å². The molecule has 4 N–H and O–H groups in total. The number of anilines is 1. The molecule has 1 atom stereocenters. The molecule has 0 aliphatic carbocycles. The van der Waals surface area contributed by atoms with Crippen molar-refractivity contribution in [3.63, 3.8) is 0 Å². The van der Waals surface area contributed by atoms with Crippen LogP contribution in [0.2, 0.25) is 0 Å². The molecule has 0 bridgehead atoms. The number of hydrogen-bond acceptors (Lipinski definition) is 3. The lowest BCUT2D eigenvalue weighted by Crippen LogP contribution is -2.47. The van der Waals surface area contributed by atoms with Gasteiger partial charge in [0.05, 0.1) is 12.1 Å². The van der Waals surface area contributed by atoms with Crippen molar-refractivity contribution in [1.82, 2.24) is 10.6 Å². The van der Waals surface area contributed by atoms with Gasteiger partial charge in [-0.1, -0.05) is 55.5 Å². The van der Waals surface area contributed by atoms with Crippen molar-refractivity contribution >= 4 is 23.5 Å². The lowest BCUT2D eigenvalue weighted by Gasteiger charge is -2.27. The summed E-state index contributed by atoms with van der Waals surface area (Å²) in [4.78, 5) is 38.2. The summed E-state index contributed by atoms with van der Waals surface area (Å²) in [7, 11) is 0. The first-order valence-electron chi connectivity index (χ1n) is 12.6. The van der Waals surface area contributed by atoms with Crippen molar-refractivity contribution in [2.45, 2.75) is 51.5 Å². The predicted molar refractivity (Wildman–Crippen MR) is 141 cm³/mol. The third kappa shape index (κ3) is 6.57. The van der Waals surface area contributed by atoms with E-state index in [0.29, 0.717) is 11.3 Å². The molecule has 1 heterocycles. The molecule has 3 aromatic carbocycles. The molecule has 0 saturated heterocycles. The molecule has 0 unspecified atom stereocenters. The Morgan fingerprint density at radius 2 is 1.77 bits per heavy atom. The minimum absolute atomic E-state index is 0.112. The molecule has 1 aliphatic heterocycles. The van der Waals surface area contributed by atoms with Crippen molar-refractivity contribution in [3.05, 3.63) is 89.0 Å². The molecule has 0 aromatic heterocycles. The van der Waals surface area contributed by atoms with E-state index >= 15 is 0 Å². The van der Waals surface area contributed by atoms with Gasteiger partial charge in [0, 0.05) is 18.7 Å². The molecule has 1 aliphatic rings. The fourth-order valence-corrected chi connectivity index (χ4v) is 4.66. The van der Waals surface area contributed by atoms with E-state index in [9.17, 15) is 27.6 Å². The van der Waals surface area contributed by atoms with E-state index in [1.54, 1.807) is 6.92 Å². The van der Waals surface area contributed by atoms with E-state index in [1.165, 1.54) is 11.0 Å². The van der Waals surface area contributed by atoms with E-state index in [2.05, 4.69) is 10.6 Å². The minimum atomic E-state index is -4.51. The highest BCUT2D eigenvalue weighted by molar-refractivity contribution is 6.00. The maximum absolute atomic E-state index is 13.6. The second-order valence-corrected chi connectivity index (χ2v) is 9.35. The second-order valence-electron chi connectivity index (χ2n) is 9.35. The highest BCUT2D eigenvalue weighted by Gasteiger charge is 2.35. The molecule has 204 valence electrons. The molecule has 39 heavy (non-hydrogen) atoms. The maximum atomic E-state index is 13.6. The normalized spacial score (nSPS) is 15.3. The molecule has 0 fully saturated rings. The van der Waals surface area contributed by atoms with Crippen LogP contribution >= 0.6 is 0 Å². The first-order chi connectivity index (χ1) is 18.6. The van der Waals surface area contributed by atoms with E-state index in [4.69, 9.17) is 5.73 Å². The van der Waals surface area contributed by atoms with Crippen LogP contribution in [-0.2, 0) is 35.3 Å². The number of fused-ring (bicyclic) bond motifs is 1. The fraction of sp³-hybridized carbons (Fsp3) is 0.276. The number of primary amides is 1. The van der Waals surface area contributed by atoms with Crippen molar-refractivity contribution in [1.29, 1.82) is 0 Å². The van der Waals surface area contributed by atoms with Gasteiger partial charge in [-0.15, -0.1) is 0 Å². The van der Waals surface area contributed by atoms with E-state index in [-0.39, 0.29) is 44.2 Å². The number of hydrogen-bond donors (Lipinski definition) is 3. The van der Waals surface area contributed by atoms with Gasteiger partial charge >= 0.3 is 12.2 Å². The van der Waals surface area contributed by atoms with Gasteiger partial charge in [0.2, 0.25) is 11.8 Å². The largest absolute Gasteiger partial charge is 0.416 e.